The predicted octanol–water partition coefficient (Wildman–Crippen LogP) is 2.66. The molecule has 1 rings (SSSR count). The lowest BCUT2D eigenvalue weighted by atomic mass is 10.0. The van der Waals surface area contributed by atoms with Crippen LogP contribution in [0.2, 0.25) is 0 Å². The lowest BCUT2D eigenvalue weighted by Crippen LogP contribution is -1.93. The van der Waals surface area contributed by atoms with E-state index in [0.717, 1.165) is 13.2 Å². The molecule has 0 spiro atoms. The minimum absolute atomic E-state index is 0.500. The highest BCUT2D eigenvalue weighted by Crippen LogP contribution is 2.08. The second-order valence-electron chi connectivity index (χ2n) is 4.32. The fourth-order valence-corrected chi connectivity index (χ4v) is 0.510. The molecule has 0 bridgehead atoms. The number of ether oxygens (including phenoxy) is 1. The van der Waals surface area contributed by atoms with Crippen LogP contribution in [-0.2, 0) is 9.53 Å². The van der Waals surface area contributed by atoms with E-state index in [4.69, 9.17) is 9.53 Å². The summed E-state index contributed by atoms with van der Waals surface area (Å²) >= 11 is 0. The molecule has 12 heavy (non-hydrogen) atoms. The van der Waals surface area contributed by atoms with Crippen LogP contribution in [0.5, 0.6) is 0 Å². The van der Waals surface area contributed by atoms with Crippen LogP contribution in [0.3, 0.4) is 0 Å². The maximum Gasteiger partial charge on any atom is 0.106 e. The monoisotopic (exact) mass is 174 g/mol. The minimum Gasteiger partial charge on any atom is -0.381 e. The summed E-state index contributed by atoms with van der Waals surface area (Å²) in [6.45, 7) is 12.8. The molecule has 0 saturated carbocycles. The number of rotatable bonds is 0. The molecule has 1 fully saturated rings. The van der Waals surface area contributed by atoms with Gasteiger partial charge in [0.15, 0.2) is 0 Å². The highest BCUT2D eigenvalue weighted by atomic mass is 16.5. The average Bonchev–Trinajstić information content (AvgIpc) is 2.41. The van der Waals surface area contributed by atoms with Gasteiger partial charge in [0.25, 0.3) is 0 Å². The number of carbonyl (C=O) groups is 1. The van der Waals surface area contributed by atoms with Crippen LogP contribution < -0.4 is 0 Å². The van der Waals surface area contributed by atoms with Crippen LogP contribution in [0, 0.1) is 5.41 Å². The summed E-state index contributed by atoms with van der Waals surface area (Å²) in [7, 11) is 0. The molecule has 0 aromatic heterocycles. The van der Waals surface area contributed by atoms with Crippen molar-refractivity contribution < 1.29 is 9.53 Å². The zero-order chi connectivity index (χ0) is 10.0. The van der Waals surface area contributed by atoms with Gasteiger partial charge in [-0.05, 0) is 18.3 Å². The summed E-state index contributed by atoms with van der Waals surface area (Å²) in [6.07, 6.45) is 2.56. The summed E-state index contributed by atoms with van der Waals surface area (Å²) in [4.78, 5) is 8.00. The van der Waals surface area contributed by atoms with Crippen molar-refractivity contribution in [2.75, 3.05) is 13.2 Å². The Hall–Kier alpha value is -0.370. The van der Waals surface area contributed by atoms with E-state index < -0.39 is 0 Å². The molecule has 2 nitrogen and oxygen atoms in total. The Balaban J connectivity index is 0. The first-order valence-corrected chi connectivity index (χ1v) is 4.37. The van der Waals surface area contributed by atoms with Gasteiger partial charge in [-0.2, -0.15) is 0 Å². The molecule has 0 amide bonds. The fourth-order valence-electron chi connectivity index (χ4n) is 0.510. The maximum absolute atomic E-state index is 8.00. The van der Waals surface area contributed by atoms with Gasteiger partial charge >= 0.3 is 0 Å². The van der Waals surface area contributed by atoms with E-state index in [0.29, 0.717) is 5.41 Å². The van der Waals surface area contributed by atoms with Crippen molar-refractivity contribution >= 4 is 6.79 Å². The van der Waals surface area contributed by atoms with E-state index in [1.54, 1.807) is 0 Å². The number of hydrogen-bond acceptors (Lipinski definition) is 2. The van der Waals surface area contributed by atoms with Crippen LogP contribution in [0.15, 0.2) is 0 Å². The largest absolute Gasteiger partial charge is 0.381 e. The van der Waals surface area contributed by atoms with Gasteiger partial charge in [0.05, 0.1) is 0 Å². The molecule has 0 aliphatic carbocycles. The average molecular weight is 174 g/mol. The van der Waals surface area contributed by atoms with E-state index in [1.165, 1.54) is 12.8 Å². The van der Waals surface area contributed by atoms with Gasteiger partial charge in [-0.3, -0.25) is 0 Å². The fraction of sp³-hybridized carbons (Fsp3) is 0.900. The van der Waals surface area contributed by atoms with Crippen molar-refractivity contribution in [3.63, 3.8) is 0 Å². The van der Waals surface area contributed by atoms with E-state index >= 15 is 0 Å². The van der Waals surface area contributed by atoms with E-state index in [-0.39, 0.29) is 0 Å². The zero-order valence-electron chi connectivity index (χ0n) is 8.85. The number of carbonyl (C=O) groups excluding carboxylic acids is 1. The molecule has 0 aromatic carbocycles. The van der Waals surface area contributed by atoms with Crippen molar-refractivity contribution in [1.29, 1.82) is 0 Å². The zero-order valence-corrected chi connectivity index (χ0v) is 8.85. The summed E-state index contributed by atoms with van der Waals surface area (Å²) in [5, 5.41) is 0. The van der Waals surface area contributed by atoms with Gasteiger partial charge in [-0.15, -0.1) is 0 Å². The number of hydrogen-bond donors (Lipinski definition) is 0. The van der Waals surface area contributed by atoms with E-state index in [2.05, 4.69) is 27.7 Å². The van der Waals surface area contributed by atoms with Crippen molar-refractivity contribution in [2.45, 2.75) is 40.5 Å². The first-order valence-electron chi connectivity index (χ1n) is 4.37. The summed E-state index contributed by atoms with van der Waals surface area (Å²) in [6, 6.07) is 0. The molecular weight excluding hydrogens is 152 g/mol. The normalized spacial score (nSPS) is 15.3. The molecule has 2 heteroatoms. The van der Waals surface area contributed by atoms with Gasteiger partial charge in [-0.25, -0.2) is 0 Å². The molecule has 1 heterocycles. The molecule has 0 unspecified atom stereocenters. The Kier molecular flexibility index (Phi) is 10.3. The van der Waals surface area contributed by atoms with Crippen molar-refractivity contribution in [2.24, 2.45) is 5.41 Å². The molecular formula is C10H22O2. The smallest absolute Gasteiger partial charge is 0.106 e. The molecule has 0 aromatic rings. The third kappa shape index (κ3) is 33.5. The standard InChI is InChI=1S/C5H12.C4H8O.CH2O/c1-5(2,3)4;1-2-4-5-3-1;1-2/h1-4H3;1-4H2;1H2. The molecule has 74 valence electrons. The van der Waals surface area contributed by atoms with Crippen molar-refractivity contribution in [3.8, 4) is 0 Å². The quantitative estimate of drug-likeness (QED) is 0.564. The Labute approximate surface area is 76.3 Å². The summed E-state index contributed by atoms with van der Waals surface area (Å²) < 4.78 is 4.94. The highest BCUT2D eigenvalue weighted by molar-refractivity contribution is 5.10. The van der Waals surface area contributed by atoms with Gasteiger partial charge in [0.2, 0.25) is 0 Å². The lowest BCUT2D eigenvalue weighted by molar-refractivity contribution is -0.0979. The van der Waals surface area contributed by atoms with Crippen LogP contribution in [0.25, 0.3) is 0 Å². The SMILES string of the molecule is C1CCOC1.C=O.CC(C)(C)C. The molecule has 0 radical (unpaired) electrons. The van der Waals surface area contributed by atoms with Gasteiger partial charge < -0.3 is 9.53 Å². The van der Waals surface area contributed by atoms with E-state index in [9.17, 15) is 0 Å². The third-order valence-electron chi connectivity index (χ3n) is 0.827. The van der Waals surface area contributed by atoms with Gasteiger partial charge in [-0.1, -0.05) is 27.7 Å². The summed E-state index contributed by atoms with van der Waals surface area (Å²) in [5.41, 5.74) is 0.500. The summed E-state index contributed by atoms with van der Waals surface area (Å²) in [5.74, 6) is 0. The van der Waals surface area contributed by atoms with Crippen molar-refractivity contribution in [1.82, 2.24) is 0 Å². The second-order valence-corrected chi connectivity index (χ2v) is 4.32. The molecule has 0 N–H and O–H groups in total. The first-order chi connectivity index (χ1) is 5.50. The Bertz CT molecular complexity index is 66.7. The van der Waals surface area contributed by atoms with Gasteiger partial charge in [0.1, 0.15) is 6.79 Å². The molecule has 0 atom stereocenters. The Morgan fingerprint density at radius 2 is 1.25 bits per heavy atom. The first kappa shape index (κ1) is 14.2. The molecule has 1 aliphatic heterocycles. The van der Waals surface area contributed by atoms with Crippen LogP contribution >= 0.6 is 0 Å². The topological polar surface area (TPSA) is 26.3 Å². The van der Waals surface area contributed by atoms with Crippen LogP contribution in [-0.4, -0.2) is 20.0 Å². The van der Waals surface area contributed by atoms with E-state index in [1.807, 2.05) is 6.79 Å². The van der Waals surface area contributed by atoms with Crippen LogP contribution in [0.1, 0.15) is 40.5 Å². The molecule has 1 aliphatic rings. The minimum atomic E-state index is 0.500. The van der Waals surface area contributed by atoms with Crippen molar-refractivity contribution in [3.05, 3.63) is 0 Å². The Morgan fingerprint density at radius 1 is 1.00 bits per heavy atom. The van der Waals surface area contributed by atoms with Gasteiger partial charge in [0, 0.05) is 13.2 Å². The van der Waals surface area contributed by atoms with Crippen LogP contribution in [0.4, 0.5) is 0 Å². The second kappa shape index (κ2) is 8.72. The predicted molar refractivity (Wildman–Crippen MR) is 52.3 cm³/mol. The molecule has 1 saturated heterocycles. The Morgan fingerprint density at radius 3 is 1.33 bits per heavy atom. The lowest BCUT2D eigenvalue weighted by Gasteiger charge is -2.05. The highest BCUT2D eigenvalue weighted by Gasteiger charge is 1.95. The third-order valence-corrected chi connectivity index (χ3v) is 0.827. The maximum atomic E-state index is 8.00.